The van der Waals surface area contributed by atoms with Crippen LogP contribution in [0.4, 0.5) is 0 Å². The highest BCUT2D eigenvalue weighted by Crippen LogP contribution is 2.18. The van der Waals surface area contributed by atoms with Crippen molar-refractivity contribution in [1.29, 1.82) is 0 Å². The molecule has 0 aromatic rings. The lowest BCUT2D eigenvalue weighted by atomic mass is 10.1. The standard InChI is InChI=1S/C16H35N3/c1-14(2)13-19(12-11-18(4)5)15(3)7-6-10-17-16-8-9-16/h14-17H,6-13H2,1-5H3. The van der Waals surface area contributed by atoms with Crippen molar-refractivity contribution in [3.05, 3.63) is 0 Å². The fourth-order valence-corrected chi connectivity index (χ4v) is 2.46. The summed E-state index contributed by atoms with van der Waals surface area (Å²) in [5.41, 5.74) is 0. The Morgan fingerprint density at radius 2 is 1.79 bits per heavy atom. The predicted octanol–water partition coefficient (Wildman–Crippen LogP) is 2.43. The SMILES string of the molecule is CC(C)CN(CCN(C)C)C(C)CCCNC1CC1. The second-order valence-electron chi connectivity index (χ2n) is 6.91. The van der Waals surface area contributed by atoms with Gasteiger partial charge in [0.05, 0.1) is 0 Å². The number of nitrogens with one attached hydrogen (secondary N) is 1. The van der Waals surface area contributed by atoms with Gasteiger partial charge in [0, 0.05) is 31.7 Å². The van der Waals surface area contributed by atoms with Crippen LogP contribution in [0.1, 0.15) is 46.5 Å². The highest BCUT2D eigenvalue weighted by Gasteiger charge is 2.20. The van der Waals surface area contributed by atoms with Gasteiger partial charge in [-0.1, -0.05) is 13.8 Å². The zero-order valence-corrected chi connectivity index (χ0v) is 13.8. The van der Waals surface area contributed by atoms with E-state index in [1.54, 1.807) is 0 Å². The topological polar surface area (TPSA) is 18.5 Å². The van der Waals surface area contributed by atoms with Crippen molar-refractivity contribution < 1.29 is 0 Å². The van der Waals surface area contributed by atoms with E-state index in [1.807, 2.05) is 0 Å². The maximum atomic E-state index is 3.62. The van der Waals surface area contributed by atoms with Crippen LogP contribution in [-0.2, 0) is 0 Å². The Balaban J connectivity index is 2.20. The highest BCUT2D eigenvalue weighted by atomic mass is 15.2. The van der Waals surface area contributed by atoms with Gasteiger partial charge in [0.25, 0.3) is 0 Å². The first-order chi connectivity index (χ1) is 8.99. The van der Waals surface area contributed by atoms with Crippen LogP contribution in [0.5, 0.6) is 0 Å². The lowest BCUT2D eigenvalue weighted by Gasteiger charge is -2.31. The molecule has 1 unspecified atom stereocenters. The molecule has 19 heavy (non-hydrogen) atoms. The first-order valence-electron chi connectivity index (χ1n) is 8.11. The Kier molecular flexibility index (Phi) is 7.96. The van der Waals surface area contributed by atoms with Crippen LogP contribution in [0.15, 0.2) is 0 Å². The molecule has 0 amide bonds. The molecule has 1 saturated carbocycles. The minimum Gasteiger partial charge on any atom is -0.314 e. The normalized spacial score (nSPS) is 17.7. The van der Waals surface area contributed by atoms with Gasteiger partial charge in [-0.05, 0) is 59.2 Å². The first kappa shape index (κ1) is 16.9. The fourth-order valence-electron chi connectivity index (χ4n) is 2.46. The highest BCUT2D eigenvalue weighted by molar-refractivity contribution is 4.80. The number of hydrogen-bond donors (Lipinski definition) is 1. The molecule has 3 nitrogen and oxygen atoms in total. The largest absolute Gasteiger partial charge is 0.314 e. The number of hydrogen-bond acceptors (Lipinski definition) is 3. The lowest BCUT2D eigenvalue weighted by molar-refractivity contribution is 0.161. The summed E-state index contributed by atoms with van der Waals surface area (Å²) in [5, 5.41) is 3.62. The quantitative estimate of drug-likeness (QED) is 0.581. The van der Waals surface area contributed by atoms with Crippen LogP contribution < -0.4 is 5.32 Å². The van der Waals surface area contributed by atoms with Gasteiger partial charge in [-0.2, -0.15) is 0 Å². The molecule has 114 valence electrons. The monoisotopic (exact) mass is 269 g/mol. The zero-order valence-electron chi connectivity index (χ0n) is 13.8. The molecule has 0 bridgehead atoms. The summed E-state index contributed by atoms with van der Waals surface area (Å²) in [4.78, 5) is 4.95. The van der Waals surface area contributed by atoms with Crippen molar-refractivity contribution in [2.45, 2.75) is 58.5 Å². The smallest absolute Gasteiger partial charge is 0.0112 e. The van der Waals surface area contributed by atoms with Crippen molar-refractivity contribution in [1.82, 2.24) is 15.1 Å². The Hall–Kier alpha value is -0.120. The van der Waals surface area contributed by atoms with Gasteiger partial charge in [-0.15, -0.1) is 0 Å². The van der Waals surface area contributed by atoms with Crippen LogP contribution in [0.25, 0.3) is 0 Å². The van der Waals surface area contributed by atoms with Crippen molar-refractivity contribution in [3.8, 4) is 0 Å². The molecule has 0 aromatic carbocycles. The van der Waals surface area contributed by atoms with Crippen molar-refractivity contribution in [3.63, 3.8) is 0 Å². The summed E-state index contributed by atoms with van der Waals surface area (Å²) in [5.74, 6) is 0.759. The molecule has 1 aliphatic carbocycles. The summed E-state index contributed by atoms with van der Waals surface area (Å²) in [6, 6.07) is 1.57. The first-order valence-corrected chi connectivity index (χ1v) is 8.11. The van der Waals surface area contributed by atoms with Gasteiger partial charge in [-0.25, -0.2) is 0 Å². The minimum absolute atomic E-state index is 0.711. The van der Waals surface area contributed by atoms with Crippen molar-refractivity contribution in [2.75, 3.05) is 40.3 Å². The molecule has 0 heterocycles. The van der Waals surface area contributed by atoms with Gasteiger partial charge in [-0.3, -0.25) is 4.90 Å². The van der Waals surface area contributed by atoms with E-state index in [-0.39, 0.29) is 0 Å². The Labute approximate surface area is 120 Å². The molecule has 0 radical (unpaired) electrons. The summed E-state index contributed by atoms with van der Waals surface area (Å²) >= 11 is 0. The Morgan fingerprint density at radius 1 is 1.11 bits per heavy atom. The summed E-state index contributed by atoms with van der Waals surface area (Å²) in [6.45, 7) is 11.8. The summed E-state index contributed by atoms with van der Waals surface area (Å²) in [7, 11) is 4.33. The third kappa shape index (κ3) is 8.61. The van der Waals surface area contributed by atoms with E-state index in [9.17, 15) is 0 Å². The molecule has 3 heteroatoms. The molecule has 0 aliphatic heterocycles. The van der Waals surface area contributed by atoms with Gasteiger partial charge in [0.1, 0.15) is 0 Å². The van der Waals surface area contributed by atoms with Crippen LogP contribution in [-0.4, -0.2) is 62.2 Å². The Bertz CT molecular complexity index is 224. The van der Waals surface area contributed by atoms with Gasteiger partial charge in [0.15, 0.2) is 0 Å². The third-order valence-electron chi connectivity index (χ3n) is 3.87. The maximum Gasteiger partial charge on any atom is 0.0112 e. The summed E-state index contributed by atoms with van der Waals surface area (Å²) < 4.78 is 0. The van der Waals surface area contributed by atoms with Gasteiger partial charge < -0.3 is 10.2 Å². The van der Waals surface area contributed by atoms with Gasteiger partial charge >= 0.3 is 0 Å². The molecule has 1 N–H and O–H groups in total. The second-order valence-corrected chi connectivity index (χ2v) is 6.91. The maximum absolute atomic E-state index is 3.62. The predicted molar refractivity (Wildman–Crippen MR) is 84.7 cm³/mol. The molecule has 1 atom stereocenters. The minimum atomic E-state index is 0.711. The van der Waals surface area contributed by atoms with E-state index in [0.717, 1.165) is 18.5 Å². The molecule has 1 fully saturated rings. The number of nitrogens with zero attached hydrogens (tertiary/aromatic N) is 2. The molecular weight excluding hydrogens is 234 g/mol. The third-order valence-corrected chi connectivity index (χ3v) is 3.87. The molecule has 0 saturated heterocycles. The van der Waals surface area contributed by atoms with Crippen molar-refractivity contribution in [2.24, 2.45) is 5.92 Å². The molecule has 1 rings (SSSR count). The van der Waals surface area contributed by atoms with E-state index in [2.05, 4.69) is 50.0 Å². The van der Waals surface area contributed by atoms with Crippen LogP contribution in [0.3, 0.4) is 0 Å². The van der Waals surface area contributed by atoms with E-state index in [4.69, 9.17) is 0 Å². The summed E-state index contributed by atoms with van der Waals surface area (Å²) in [6.07, 6.45) is 5.43. The lowest BCUT2D eigenvalue weighted by Crippen LogP contribution is -2.40. The van der Waals surface area contributed by atoms with Crippen molar-refractivity contribution >= 4 is 0 Å². The van der Waals surface area contributed by atoms with E-state index in [0.29, 0.717) is 6.04 Å². The number of likely N-dealkylation sites (N-methyl/N-ethyl adjacent to an activating group) is 1. The van der Waals surface area contributed by atoms with E-state index >= 15 is 0 Å². The fraction of sp³-hybridized carbons (Fsp3) is 1.00. The molecule has 1 aliphatic rings. The van der Waals surface area contributed by atoms with Crippen LogP contribution in [0, 0.1) is 5.92 Å². The molecular formula is C16H35N3. The number of rotatable bonds is 11. The Morgan fingerprint density at radius 3 is 2.32 bits per heavy atom. The van der Waals surface area contributed by atoms with Crippen LogP contribution in [0.2, 0.25) is 0 Å². The zero-order chi connectivity index (χ0) is 14.3. The molecule has 0 spiro atoms. The second kappa shape index (κ2) is 8.93. The average Bonchev–Trinajstić information content (AvgIpc) is 3.13. The molecule has 0 aromatic heterocycles. The van der Waals surface area contributed by atoms with Gasteiger partial charge in [0.2, 0.25) is 0 Å². The van der Waals surface area contributed by atoms with E-state index in [1.165, 1.54) is 45.3 Å². The van der Waals surface area contributed by atoms with E-state index < -0.39 is 0 Å². The van der Waals surface area contributed by atoms with Crippen LogP contribution >= 0.6 is 0 Å². The average molecular weight is 269 g/mol.